The Bertz CT molecular complexity index is 1350. The first-order valence-corrected chi connectivity index (χ1v) is 13.2. The lowest BCUT2D eigenvalue weighted by atomic mass is 9.84. The Kier molecular flexibility index (Phi) is 13.1. The summed E-state index contributed by atoms with van der Waals surface area (Å²) in [6, 6.07) is 10.3. The van der Waals surface area contributed by atoms with E-state index in [0.717, 1.165) is 17.0 Å². The monoisotopic (exact) mass is 668 g/mol. The molecule has 1 aliphatic heterocycles. The van der Waals surface area contributed by atoms with E-state index in [-0.39, 0.29) is 5.91 Å². The van der Waals surface area contributed by atoms with Gasteiger partial charge in [0.1, 0.15) is 23.9 Å². The molecule has 1 fully saturated rings. The van der Waals surface area contributed by atoms with Gasteiger partial charge in [-0.05, 0) is 61.1 Å². The van der Waals surface area contributed by atoms with Crippen LogP contribution in [0.3, 0.4) is 0 Å². The van der Waals surface area contributed by atoms with E-state index in [2.05, 4.69) is 4.98 Å². The molecule has 0 aliphatic carbocycles. The van der Waals surface area contributed by atoms with Crippen LogP contribution in [0.4, 0.5) is 26.3 Å². The number of alkyl halides is 6. The molecule has 12 nitrogen and oxygen atoms in total. The minimum absolute atomic E-state index is 0.323. The summed E-state index contributed by atoms with van der Waals surface area (Å²) in [4.78, 5) is 49.2. The van der Waals surface area contributed by atoms with Crippen LogP contribution in [0.2, 0.25) is 0 Å². The number of carboxylic acid groups (broad SMARTS) is 2. The van der Waals surface area contributed by atoms with Gasteiger partial charge in [0.05, 0.1) is 0 Å². The third-order valence-electron chi connectivity index (χ3n) is 6.28. The van der Waals surface area contributed by atoms with Crippen molar-refractivity contribution in [3.05, 3.63) is 58.9 Å². The van der Waals surface area contributed by atoms with Gasteiger partial charge in [0.2, 0.25) is 5.91 Å². The SMILES string of the molecule is Cc1cc(COc2ccc(C3(N)CCN(C(C(=O)NO)C(C)(C)C)C3=O)cc2)cc(C)n1.O=C(O)C(F)(F)F.O=C(O)C(F)(F)F. The number of pyridine rings is 1. The van der Waals surface area contributed by atoms with Crippen LogP contribution in [0, 0.1) is 19.3 Å². The lowest BCUT2D eigenvalue weighted by molar-refractivity contribution is -0.193. The Morgan fingerprint density at radius 1 is 0.978 bits per heavy atom. The molecule has 2 unspecified atom stereocenters. The molecule has 1 aromatic carbocycles. The molecule has 1 aromatic heterocycles. The zero-order chi connectivity index (χ0) is 35.8. The number of likely N-dealkylation sites (tertiary alicyclic amines) is 1. The Morgan fingerprint density at radius 3 is 1.78 bits per heavy atom. The van der Waals surface area contributed by atoms with E-state index in [0.29, 0.717) is 30.9 Å². The zero-order valence-electron chi connectivity index (χ0n) is 25.3. The number of amides is 2. The molecule has 46 heavy (non-hydrogen) atoms. The van der Waals surface area contributed by atoms with Crippen molar-refractivity contribution in [2.75, 3.05) is 6.54 Å². The van der Waals surface area contributed by atoms with Crippen LogP contribution in [0.25, 0.3) is 0 Å². The summed E-state index contributed by atoms with van der Waals surface area (Å²) < 4.78 is 69.4. The van der Waals surface area contributed by atoms with E-state index in [9.17, 15) is 35.9 Å². The third-order valence-corrected chi connectivity index (χ3v) is 6.28. The molecule has 1 saturated heterocycles. The number of aryl methyl sites for hydroxylation is 2. The van der Waals surface area contributed by atoms with Crippen LogP contribution in [0.15, 0.2) is 36.4 Å². The minimum atomic E-state index is -5.08. The zero-order valence-corrected chi connectivity index (χ0v) is 25.3. The first-order valence-electron chi connectivity index (χ1n) is 13.2. The van der Waals surface area contributed by atoms with Crippen LogP contribution in [0.5, 0.6) is 5.75 Å². The fraction of sp³-hybridized carbons (Fsp3) is 0.464. The van der Waals surface area contributed by atoms with E-state index in [1.165, 1.54) is 4.90 Å². The van der Waals surface area contributed by atoms with Gasteiger partial charge in [-0.3, -0.25) is 19.8 Å². The number of benzene rings is 1. The molecule has 2 aromatic rings. The molecule has 2 heterocycles. The second kappa shape index (κ2) is 15.2. The van der Waals surface area contributed by atoms with E-state index in [1.54, 1.807) is 29.7 Å². The van der Waals surface area contributed by atoms with Gasteiger partial charge < -0.3 is 25.6 Å². The number of hydroxylamine groups is 1. The second-order valence-electron chi connectivity index (χ2n) is 11.1. The highest BCUT2D eigenvalue weighted by Gasteiger charge is 2.51. The number of aliphatic carboxylic acids is 2. The van der Waals surface area contributed by atoms with E-state index in [1.807, 2.05) is 46.8 Å². The van der Waals surface area contributed by atoms with Gasteiger partial charge in [0, 0.05) is 17.9 Å². The Labute approximate surface area is 259 Å². The number of rotatable bonds is 6. The number of halogens is 6. The largest absolute Gasteiger partial charge is 0.490 e. The lowest BCUT2D eigenvalue weighted by Crippen LogP contribution is -2.56. The summed E-state index contributed by atoms with van der Waals surface area (Å²) >= 11 is 0. The van der Waals surface area contributed by atoms with Crippen LogP contribution < -0.4 is 16.0 Å². The fourth-order valence-corrected chi connectivity index (χ4v) is 4.36. The number of ether oxygens (including phenoxy) is 1. The molecule has 256 valence electrons. The third kappa shape index (κ3) is 11.2. The number of nitrogens with two attached hydrogens (primary N) is 1. The number of carbonyl (C=O) groups is 4. The Hall–Kier alpha value is -4.45. The average Bonchev–Trinajstić information content (AvgIpc) is 3.20. The number of nitrogens with one attached hydrogen (secondary N) is 1. The van der Waals surface area contributed by atoms with Crippen LogP contribution >= 0.6 is 0 Å². The molecule has 0 bridgehead atoms. The maximum Gasteiger partial charge on any atom is 0.490 e. The van der Waals surface area contributed by atoms with Crippen molar-refractivity contribution < 1.29 is 65.7 Å². The van der Waals surface area contributed by atoms with Gasteiger partial charge >= 0.3 is 24.3 Å². The number of aromatic nitrogens is 1. The smallest absolute Gasteiger partial charge is 0.489 e. The summed E-state index contributed by atoms with van der Waals surface area (Å²) in [5.74, 6) is -5.81. The standard InChI is InChI=1S/C24H32N4O4.2C2HF3O2/c1-15-12-17(13-16(2)26-15)14-32-19-8-6-18(7-9-19)24(25)10-11-28(22(24)30)20(21(29)27-31)23(3,4)5;2*3-2(4,5)1(6)7/h6-9,12-13,20,31H,10-11,14,25H2,1-5H3,(H,27,29);2*(H,6,7). The number of carboxylic acids is 2. The number of nitrogens with zero attached hydrogens (tertiary/aromatic N) is 2. The van der Waals surface area contributed by atoms with Crippen molar-refractivity contribution in [1.82, 2.24) is 15.4 Å². The topological polar surface area (TPSA) is 192 Å². The summed E-state index contributed by atoms with van der Waals surface area (Å²) in [5, 5.41) is 23.4. The predicted molar refractivity (Wildman–Crippen MR) is 147 cm³/mol. The van der Waals surface area contributed by atoms with Gasteiger partial charge in [-0.25, -0.2) is 15.1 Å². The molecular formula is C28H34F6N4O8. The molecule has 2 amide bonds. The molecule has 18 heteroatoms. The van der Waals surface area contributed by atoms with Crippen molar-refractivity contribution in [3.8, 4) is 5.75 Å². The highest BCUT2D eigenvalue weighted by atomic mass is 19.4. The summed E-state index contributed by atoms with van der Waals surface area (Å²) in [7, 11) is 0. The maximum atomic E-state index is 13.3. The Morgan fingerprint density at radius 2 is 1.41 bits per heavy atom. The van der Waals surface area contributed by atoms with Crippen LogP contribution in [0.1, 0.15) is 49.7 Å². The van der Waals surface area contributed by atoms with Crippen molar-refractivity contribution in [1.29, 1.82) is 0 Å². The molecule has 0 spiro atoms. The minimum Gasteiger partial charge on any atom is -0.489 e. The fourth-order valence-electron chi connectivity index (χ4n) is 4.36. The average molecular weight is 669 g/mol. The van der Waals surface area contributed by atoms with Crippen molar-refractivity contribution in [3.63, 3.8) is 0 Å². The summed E-state index contributed by atoms with van der Waals surface area (Å²) in [5.41, 5.74) is 10.00. The van der Waals surface area contributed by atoms with Gasteiger partial charge in [0.25, 0.3) is 5.91 Å². The quantitative estimate of drug-likeness (QED) is 0.172. The van der Waals surface area contributed by atoms with Crippen molar-refractivity contribution >= 4 is 23.8 Å². The van der Waals surface area contributed by atoms with Crippen LogP contribution in [-0.2, 0) is 31.3 Å². The first-order chi connectivity index (χ1) is 20.8. The molecule has 0 saturated carbocycles. The summed E-state index contributed by atoms with van der Waals surface area (Å²) in [6.45, 7) is 10.2. The number of carbonyl (C=O) groups excluding carboxylic acids is 2. The molecule has 1 aliphatic rings. The van der Waals surface area contributed by atoms with Gasteiger partial charge in [-0.1, -0.05) is 32.9 Å². The Balaban J connectivity index is 0.000000629. The number of hydrogen-bond acceptors (Lipinski definition) is 8. The van der Waals surface area contributed by atoms with Crippen LogP contribution in [-0.4, -0.2) is 74.0 Å². The van der Waals surface area contributed by atoms with Crippen molar-refractivity contribution in [2.45, 2.75) is 71.6 Å². The first kappa shape index (κ1) is 39.6. The van der Waals surface area contributed by atoms with E-state index < -0.39 is 47.2 Å². The van der Waals surface area contributed by atoms with E-state index >= 15 is 0 Å². The highest BCUT2D eigenvalue weighted by molar-refractivity contribution is 5.94. The highest BCUT2D eigenvalue weighted by Crippen LogP contribution is 2.37. The molecule has 3 rings (SSSR count). The van der Waals surface area contributed by atoms with Gasteiger partial charge in [-0.15, -0.1) is 0 Å². The summed E-state index contributed by atoms with van der Waals surface area (Å²) in [6.07, 6.45) is -9.80. The normalized spacial score (nSPS) is 17.2. The molecule has 6 N–H and O–H groups in total. The number of hydrogen-bond donors (Lipinski definition) is 5. The van der Waals surface area contributed by atoms with Crippen molar-refractivity contribution in [2.24, 2.45) is 11.1 Å². The molecule has 2 atom stereocenters. The lowest BCUT2D eigenvalue weighted by Gasteiger charge is -2.37. The van der Waals surface area contributed by atoms with Gasteiger partial charge in [0.15, 0.2) is 0 Å². The maximum absolute atomic E-state index is 13.3. The second-order valence-corrected chi connectivity index (χ2v) is 11.1. The van der Waals surface area contributed by atoms with E-state index in [4.69, 9.17) is 35.5 Å². The van der Waals surface area contributed by atoms with Gasteiger partial charge in [-0.2, -0.15) is 26.3 Å². The molecular weight excluding hydrogens is 634 g/mol. The molecule has 0 radical (unpaired) electrons. The predicted octanol–water partition coefficient (Wildman–Crippen LogP) is 3.85.